The molecule has 64 valence electrons. The zero-order chi connectivity index (χ0) is 8.27. The van der Waals surface area contributed by atoms with Crippen LogP contribution >= 0.6 is 11.8 Å². The van der Waals surface area contributed by atoms with E-state index in [4.69, 9.17) is 5.11 Å². The first kappa shape index (κ1) is 8.91. The number of thioether (sulfide) groups is 1. The van der Waals surface area contributed by atoms with Crippen LogP contribution in [0.4, 0.5) is 0 Å². The molecule has 11 heavy (non-hydrogen) atoms. The summed E-state index contributed by atoms with van der Waals surface area (Å²) in [5.41, 5.74) is 0. The Bertz CT molecular complexity index is 141. The van der Waals surface area contributed by atoms with Crippen LogP contribution in [0.1, 0.15) is 26.2 Å². The number of hydrogen-bond acceptors (Lipinski definition) is 2. The summed E-state index contributed by atoms with van der Waals surface area (Å²) in [5, 5.41) is 9.08. The number of rotatable bonds is 2. The smallest absolute Gasteiger partial charge is 0.307 e. The second-order valence-electron chi connectivity index (χ2n) is 3.03. The summed E-state index contributed by atoms with van der Waals surface area (Å²) < 4.78 is 0. The molecule has 0 aromatic heterocycles. The molecule has 2 unspecified atom stereocenters. The standard InChI is InChI=1S/C8H14O2S/c1-6(8(9)10)7-4-2-3-5-11-7/h6-7H,2-5H2,1H3,(H,9,10). The van der Waals surface area contributed by atoms with Gasteiger partial charge in [-0.25, -0.2) is 0 Å². The number of aliphatic carboxylic acids is 1. The highest BCUT2D eigenvalue weighted by Gasteiger charge is 2.25. The van der Waals surface area contributed by atoms with Crippen molar-refractivity contribution in [3.63, 3.8) is 0 Å². The fraction of sp³-hybridized carbons (Fsp3) is 0.875. The van der Waals surface area contributed by atoms with Crippen LogP contribution in [0.5, 0.6) is 0 Å². The Morgan fingerprint density at radius 2 is 2.36 bits per heavy atom. The summed E-state index contributed by atoms with van der Waals surface area (Å²) in [6, 6.07) is 0. The lowest BCUT2D eigenvalue weighted by Gasteiger charge is -2.24. The molecule has 0 radical (unpaired) electrons. The highest BCUT2D eigenvalue weighted by molar-refractivity contribution is 7.99. The molecule has 0 amide bonds. The molecule has 2 atom stereocenters. The third-order valence-corrected chi connectivity index (χ3v) is 3.76. The molecule has 1 N–H and O–H groups in total. The third kappa shape index (κ3) is 2.40. The Balaban J connectivity index is 2.38. The van der Waals surface area contributed by atoms with Gasteiger partial charge in [-0.2, -0.15) is 11.8 Å². The minimum absolute atomic E-state index is 0.166. The van der Waals surface area contributed by atoms with E-state index in [-0.39, 0.29) is 5.92 Å². The number of hydrogen-bond donors (Lipinski definition) is 1. The van der Waals surface area contributed by atoms with E-state index in [1.54, 1.807) is 0 Å². The third-order valence-electron chi connectivity index (χ3n) is 2.16. The fourth-order valence-corrected chi connectivity index (χ4v) is 2.73. The number of carboxylic acids is 1. The molecule has 0 bridgehead atoms. The van der Waals surface area contributed by atoms with Crippen LogP contribution in [0.25, 0.3) is 0 Å². The molecule has 0 aliphatic carbocycles. The molecule has 1 rings (SSSR count). The summed E-state index contributed by atoms with van der Waals surface area (Å²) in [6.07, 6.45) is 3.54. The van der Waals surface area contributed by atoms with Crippen molar-refractivity contribution < 1.29 is 9.90 Å². The molecule has 1 aliphatic heterocycles. The number of carbonyl (C=O) groups is 1. The monoisotopic (exact) mass is 174 g/mol. The van der Waals surface area contributed by atoms with Crippen LogP contribution in [0, 0.1) is 5.92 Å². The van der Waals surface area contributed by atoms with Crippen molar-refractivity contribution in [1.29, 1.82) is 0 Å². The fourth-order valence-electron chi connectivity index (χ4n) is 1.32. The molecule has 1 fully saturated rings. The van der Waals surface area contributed by atoms with E-state index in [9.17, 15) is 4.79 Å². The van der Waals surface area contributed by atoms with Gasteiger partial charge < -0.3 is 5.11 Å². The maximum absolute atomic E-state index is 10.6. The summed E-state index contributed by atoms with van der Waals surface area (Å²) in [4.78, 5) is 10.6. The number of carboxylic acid groups (broad SMARTS) is 1. The van der Waals surface area contributed by atoms with Crippen LogP contribution in [-0.2, 0) is 4.79 Å². The molecule has 1 heterocycles. The van der Waals surface area contributed by atoms with Gasteiger partial charge in [0.25, 0.3) is 0 Å². The zero-order valence-electron chi connectivity index (χ0n) is 6.75. The van der Waals surface area contributed by atoms with Crippen LogP contribution < -0.4 is 0 Å². The Morgan fingerprint density at radius 3 is 2.82 bits per heavy atom. The van der Waals surface area contributed by atoms with Crippen molar-refractivity contribution >= 4 is 17.7 Å². The van der Waals surface area contributed by atoms with Crippen LogP contribution in [0.15, 0.2) is 0 Å². The summed E-state index contributed by atoms with van der Waals surface area (Å²) in [7, 11) is 0. The van der Waals surface area contributed by atoms with E-state index in [2.05, 4.69) is 0 Å². The van der Waals surface area contributed by atoms with Crippen LogP contribution in [0.3, 0.4) is 0 Å². The van der Waals surface area contributed by atoms with E-state index >= 15 is 0 Å². The zero-order valence-corrected chi connectivity index (χ0v) is 7.56. The van der Waals surface area contributed by atoms with Crippen LogP contribution in [0.2, 0.25) is 0 Å². The lowest BCUT2D eigenvalue weighted by Crippen LogP contribution is -2.25. The van der Waals surface area contributed by atoms with Crippen LogP contribution in [-0.4, -0.2) is 22.1 Å². The average molecular weight is 174 g/mol. The lowest BCUT2D eigenvalue weighted by atomic mass is 10.0. The average Bonchev–Trinajstić information content (AvgIpc) is 2.05. The first-order valence-electron chi connectivity index (χ1n) is 4.06. The second kappa shape index (κ2) is 4.00. The van der Waals surface area contributed by atoms with Crippen molar-refractivity contribution in [3.05, 3.63) is 0 Å². The second-order valence-corrected chi connectivity index (χ2v) is 4.38. The van der Waals surface area contributed by atoms with Crippen molar-refractivity contribution in [2.24, 2.45) is 5.92 Å². The maximum atomic E-state index is 10.6. The lowest BCUT2D eigenvalue weighted by molar-refractivity contribution is -0.141. The van der Waals surface area contributed by atoms with Gasteiger partial charge in [0.15, 0.2) is 0 Å². The predicted molar refractivity (Wildman–Crippen MR) is 46.9 cm³/mol. The van der Waals surface area contributed by atoms with E-state index < -0.39 is 5.97 Å². The highest BCUT2D eigenvalue weighted by atomic mass is 32.2. The molecular weight excluding hydrogens is 160 g/mol. The Hall–Kier alpha value is -0.180. The SMILES string of the molecule is CC(C(=O)O)C1CCCCS1. The Morgan fingerprint density at radius 1 is 1.64 bits per heavy atom. The van der Waals surface area contributed by atoms with Crippen molar-refractivity contribution in [3.8, 4) is 0 Å². The molecule has 0 saturated carbocycles. The topological polar surface area (TPSA) is 37.3 Å². The molecular formula is C8H14O2S. The summed E-state index contributed by atoms with van der Waals surface area (Å²) in [5.74, 6) is 0.326. The maximum Gasteiger partial charge on any atom is 0.307 e. The van der Waals surface area contributed by atoms with E-state index in [1.807, 2.05) is 18.7 Å². The van der Waals surface area contributed by atoms with Crippen molar-refractivity contribution in [2.75, 3.05) is 5.75 Å². The van der Waals surface area contributed by atoms with E-state index in [1.165, 1.54) is 12.8 Å². The molecule has 0 spiro atoms. The van der Waals surface area contributed by atoms with Gasteiger partial charge >= 0.3 is 5.97 Å². The molecule has 1 aliphatic rings. The quantitative estimate of drug-likeness (QED) is 0.695. The van der Waals surface area contributed by atoms with E-state index in [0.717, 1.165) is 12.2 Å². The van der Waals surface area contributed by atoms with Gasteiger partial charge in [0, 0.05) is 5.25 Å². The first-order chi connectivity index (χ1) is 5.22. The highest BCUT2D eigenvalue weighted by Crippen LogP contribution is 2.30. The molecule has 1 saturated heterocycles. The van der Waals surface area contributed by atoms with Crippen molar-refractivity contribution in [1.82, 2.24) is 0 Å². The van der Waals surface area contributed by atoms with Gasteiger partial charge in [0.05, 0.1) is 5.92 Å². The van der Waals surface area contributed by atoms with Gasteiger partial charge in [0.1, 0.15) is 0 Å². The largest absolute Gasteiger partial charge is 0.481 e. The van der Waals surface area contributed by atoms with Gasteiger partial charge in [-0.1, -0.05) is 13.3 Å². The molecule has 2 nitrogen and oxygen atoms in total. The Kier molecular flexibility index (Phi) is 3.24. The molecule has 0 aromatic carbocycles. The molecule has 3 heteroatoms. The van der Waals surface area contributed by atoms with Gasteiger partial charge in [-0.3, -0.25) is 4.79 Å². The van der Waals surface area contributed by atoms with Gasteiger partial charge in [-0.15, -0.1) is 0 Å². The summed E-state index contributed by atoms with van der Waals surface area (Å²) >= 11 is 1.82. The minimum Gasteiger partial charge on any atom is -0.481 e. The van der Waals surface area contributed by atoms with Gasteiger partial charge in [-0.05, 0) is 18.6 Å². The first-order valence-corrected chi connectivity index (χ1v) is 5.11. The normalized spacial score (nSPS) is 27.9. The minimum atomic E-state index is -0.649. The van der Waals surface area contributed by atoms with E-state index in [0.29, 0.717) is 5.25 Å². The van der Waals surface area contributed by atoms with Gasteiger partial charge in [0.2, 0.25) is 0 Å². The summed E-state index contributed by atoms with van der Waals surface area (Å²) in [6.45, 7) is 1.81. The predicted octanol–water partition coefficient (Wildman–Crippen LogP) is 1.99. The molecule has 0 aromatic rings. The Labute approximate surface area is 71.4 Å². The van der Waals surface area contributed by atoms with Crippen molar-refractivity contribution in [2.45, 2.75) is 31.4 Å².